The fourth-order valence-corrected chi connectivity index (χ4v) is 2.87. The molecule has 0 spiro atoms. The van der Waals surface area contributed by atoms with Crippen molar-refractivity contribution < 1.29 is 9.47 Å². The van der Waals surface area contributed by atoms with Gasteiger partial charge in [-0.05, 0) is 25.8 Å². The third-order valence-corrected chi connectivity index (χ3v) is 4.30. The predicted molar refractivity (Wildman–Crippen MR) is 88.2 cm³/mol. The lowest BCUT2D eigenvalue weighted by molar-refractivity contribution is 0.108. The summed E-state index contributed by atoms with van der Waals surface area (Å²) in [7, 11) is 1.67. The first kappa shape index (κ1) is 15.1. The topological polar surface area (TPSA) is 89.4 Å². The van der Waals surface area contributed by atoms with Crippen LogP contribution in [0.5, 0.6) is 0 Å². The number of hydrogen-bond donors (Lipinski definition) is 2. The number of aromatic amines is 1. The highest BCUT2D eigenvalue weighted by Crippen LogP contribution is 2.29. The molecular weight excluding hydrogens is 308 g/mol. The summed E-state index contributed by atoms with van der Waals surface area (Å²) in [5.74, 6) is 1.41. The fraction of sp³-hybridized carbons (Fsp3) is 0.438. The second-order valence-corrected chi connectivity index (χ2v) is 5.89. The van der Waals surface area contributed by atoms with Crippen LogP contribution in [0.4, 0.5) is 11.6 Å². The van der Waals surface area contributed by atoms with Gasteiger partial charge in [-0.2, -0.15) is 10.2 Å². The molecule has 0 amide bonds. The molecule has 2 N–H and O–H groups in total. The molecule has 1 aliphatic rings. The summed E-state index contributed by atoms with van der Waals surface area (Å²) in [6.07, 6.45) is 5.67. The highest BCUT2D eigenvalue weighted by atomic mass is 16.5. The molecule has 0 unspecified atom stereocenters. The number of ether oxygens (including phenoxy) is 2. The minimum atomic E-state index is -0.0748. The van der Waals surface area contributed by atoms with Crippen LogP contribution in [0.1, 0.15) is 43.4 Å². The van der Waals surface area contributed by atoms with Crippen molar-refractivity contribution in [3.05, 3.63) is 35.9 Å². The fourth-order valence-electron chi connectivity index (χ4n) is 2.87. The first-order chi connectivity index (χ1) is 11.7. The second kappa shape index (κ2) is 6.21. The Morgan fingerprint density at radius 1 is 1.46 bits per heavy atom. The molecule has 0 radical (unpaired) electrons. The monoisotopic (exact) mass is 328 g/mol. The van der Waals surface area contributed by atoms with Gasteiger partial charge in [0.1, 0.15) is 5.52 Å². The first-order valence-corrected chi connectivity index (χ1v) is 8.05. The first-order valence-electron chi connectivity index (χ1n) is 8.05. The Kier molecular flexibility index (Phi) is 3.91. The number of anilines is 2. The van der Waals surface area contributed by atoms with E-state index in [1.54, 1.807) is 17.8 Å². The molecule has 8 nitrogen and oxygen atoms in total. The van der Waals surface area contributed by atoms with Crippen molar-refractivity contribution in [2.45, 2.75) is 32.0 Å². The van der Waals surface area contributed by atoms with Gasteiger partial charge in [-0.25, -0.2) is 9.50 Å². The Balaban J connectivity index is 1.61. The zero-order valence-electron chi connectivity index (χ0n) is 13.7. The van der Waals surface area contributed by atoms with Crippen molar-refractivity contribution in [1.29, 1.82) is 0 Å². The molecule has 3 aromatic heterocycles. The van der Waals surface area contributed by atoms with E-state index in [0.717, 1.165) is 36.4 Å². The van der Waals surface area contributed by atoms with E-state index in [-0.39, 0.29) is 12.2 Å². The van der Waals surface area contributed by atoms with Crippen molar-refractivity contribution in [3.8, 4) is 0 Å². The lowest BCUT2D eigenvalue weighted by atomic mass is 10.2. The number of rotatable bonds is 5. The number of H-pyrrole nitrogens is 1. The molecule has 4 rings (SSSR count). The summed E-state index contributed by atoms with van der Waals surface area (Å²) in [6, 6.07) is 3.94. The maximum Gasteiger partial charge on any atom is 0.157 e. The average Bonchev–Trinajstić information content (AvgIpc) is 3.33. The van der Waals surface area contributed by atoms with E-state index in [1.807, 2.05) is 25.3 Å². The number of nitrogens with one attached hydrogen (secondary N) is 2. The Morgan fingerprint density at radius 2 is 2.38 bits per heavy atom. The zero-order chi connectivity index (χ0) is 16.5. The van der Waals surface area contributed by atoms with Gasteiger partial charge in [-0.15, -0.1) is 0 Å². The summed E-state index contributed by atoms with van der Waals surface area (Å²) in [5.41, 5.74) is 2.72. The number of methoxy groups -OCH3 is 1. The van der Waals surface area contributed by atoms with Crippen molar-refractivity contribution in [2.75, 3.05) is 19.0 Å². The molecule has 24 heavy (non-hydrogen) atoms. The molecule has 8 heteroatoms. The average molecular weight is 328 g/mol. The maximum atomic E-state index is 5.67. The Morgan fingerprint density at radius 3 is 3.17 bits per heavy atom. The molecule has 126 valence electrons. The van der Waals surface area contributed by atoms with Gasteiger partial charge in [-0.3, -0.25) is 5.10 Å². The molecule has 2 atom stereocenters. The molecular formula is C16H20N6O2. The predicted octanol–water partition coefficient (Wildman–Crippen LogP) is 2.75. The van der Waals surface area contributed by atoms with E-state index >= 15 is 0 Å². The van der Waals surface area contributed by atoms with Crippen LogP contribution in [-0.2, 0) is 9.47 Å². The highest BCUT2D eigenvalue weighted by Gasteiger charge is 2.20. The largest absolute Gasteiger partial charge is 0.375 e. The summed E-state index contributed by atoms with van der Waals surface area (Å²) in [4.78, 5) is 4.41. The lowest BCUT2D eigenvalue weighted by Gasteiger charge is -2.05. The van der Waals surface area contributed by atoms with E-state index in [9.17, 15) is 0 Å². The molecule has 1 aliphatic heterocycles. The smallest absolute Gasteiger partial charge is 0.157 e. The molecule has 0 aromatic carbocycles. The normalized spacial score (nSPS) is 19.0. The third kappa shape index (κ3) is 2.74. The summed E-state index contributed by atoms with van der Waals surface area (Å²) < 4.78 is 12.8. The van der Waals surface area contributed by atoms with Gasteiger partial charge in [0.2, 0.25) is 0 Å². The molecule has 1 fully saturated rings. The van der Waals surface area contributed by atoms with E-state index < -0.39 is 0 Å². The number of aromatic nitrogens is 5. The van der Waals surface area contributed by atoms with Crippen molar-refractivity contribution in [2.24, 2.45) is 0 Å². The summed E-state index contributed by atoms with van der Waals surface area (Å²) in [5, 5.41) is 15.1. The molecule has 1 saturated heterocycles. The van der Waals surface area contributed by atoms with Crippen LogP contribution in [0, 0.1) is 0 Å². The van der Waals surface area contributed by atoms with Gasteiger partial charge in [0.15, 0.2) is 11.6 Å². The Bertz CT molecular complexity index is 836. The quantitative estimate of drug-likeness (QED) is 0.748. The molecule has 3 aromatic rings. The van der Waals surface area contributed by atoms with Crippen LogP contribution in [0.15, 0.2) is 24.5 Å². The van der Waals surface area contributed by atoms with E-state index in [1.165, 1.54) is 0 Å². The molecule has 0 saturated carbocycles. The molecule has 0 bridgehead atoms. The SMILES string of the molecule is CO[C@@H](C)c1cc2c(Nc3cc([C@H]4CCCO4)[nH]n3)nccn2n1. The van der Waals surface area contributed by atoms with Crippen molar-refractivity contribution in [3.63, 3.8) is 0 Å². The molecule has 0 aliphatic carbocycles. The van der Waals surface area contributed by atoms with Crippen LogP contribution in [0.25, 0.3) is 5.52 Å². The summed E-state index contributed by atoms with van der Waals surface area (Å²) >= 11 is 0. The van der Waals surface area contributed by atoms with Crippen LogP contribution in [-0.4, -0.2) is 38.5 Å². The minimum Gasteiger partial charge on any atom is -0.375 e. The van der Waals surface area contributed by atoms with Crippen molar-refractivity contribution >= 4 is 17.2 Å². The van der Waals surface area contributed by atoms with E-state index in [4.69, 9.17) is 9.47 Å². The van der Waals surface area contributed by atoms with Gasteiger partial charge in [0.05, 0.1) is 23.6 Å². The van der Waals surface area contributed by atoms with E-state index in [2.05, 4.69) is 25.6 Å². The minimum absolute atomic E-state index is 0.0748. The van der Waals surface area contributed by atoms with Gasteiger partial charge in [0, 0.05) is 32.2 Å². The van der Waals surface area contributed by atoms with Gasteiger partial charge in [-0.1, -0.05) is 0 Å². The van der Waals surface area contributed by atoms with Crippen LogP contribution >= 0.6 is 0 Å². The number of hydrogen-bond acceptors (Lipinski definition) is 6. The van der Waals surface area contributed by atoms with Crippen molar-refractivity contribution in [1.82, 2.24) is 24.8 Å². The standard InChI is InChI=1S/C16H20N6O2/c1-10(23-2)11-8-13-16(17-5-6-22(13)21-11)18-15-9-12(19-20-15)14-4-3-7-24-14/h5-6,8-10,14H,3-4,7H2,1-2H3,(H2,17,18,19,20)/t10-,14+/m0/s1. The van der Waals surface area contributed by atoms with Gasteiger partial charge >= 0.3 is 0 Å². The molecule has 4 heterocycles. The van der Waals surface area contributed by atoms with E-state index in [0.29, 0.717) is 11.6 Å². The Labute approximate surface area is 139 Å². The second-order valence-electron chi connectivity index (χ2n) is 5.89. The zero-order valence-corrected chi connectivity index (χ0v) is 13.7. The van der Waals surface area contributed by atoms with Crippen LogP contribution in [0.3, 0.4) is 0 Å². The maximum absolute atomic E-state index is 5.67. The third-order valence-electron chi connectivity index (χ3n) is 4.30. The van der Waals surface area contributed by atoms with Gasteiger partial charge < -0.3 is 14.8 Å². The number of fused-ring (bicyclic) bond motifs is 1. The highest BCUT2D eigenvalue weighted by molar-refractivity contribution is 5.72. The Hall–Kier alpha value is -2.45. The van der Waals surface area contributed by atoms with Gasteiger partial charge in [0.25, 0.3) is 0 Å². The summed E-state index contributed by atoms with van der Waals surface area (Å²) in [6.45, 7) is 2.77. The lowest BCUT2D eigenvalue weighted by Crippen LogP contribution is -1.98. The van der Waals surface area contributed by atoms with Crippen LogP contribution < -0.4 is 5.32 Å². The van der Waals surface area contributed by atoms with Crippen LogP contribution in [0.2, 0.25) is 0 Å². The number of nitrogens with zero attached hydrogens (tertiary/aromatic N) is 4.